The van der Waals surface area contributed by atoms with Crippen molar-refractivity contribution in [3.63, 3.8) is 0 Å². The molecule has 0 amide bonds. The second-order valence-corrected chi connectivity index (χ2v) is 6.82. The van der Waals surface area contributed by atoms with Crippen LogP contribution in [0.5, 0.6) is 5.75 Å². The van der Waals surface area contributed by atoms with Gasteiger partial charge in [0.1, 0.15) is 0 Å². The maximum Gasteiger partial charge on any atom is 0.308 e. The van der Waals surface area contributed by atoms with Gasteiger partial charge in [0.05, 0.1) is 9.79 Å². The maximum absolute atomic E-state index is 13.9. The molecule has 0 saturated heterocycles. The summed E-state index contributed by atoms with van der Waals surface area (Å²) in [6.45, 7) is 1.60. The molecular weight excluding hydrogens is 321 g/mol. The molecule has 0 radical (unpaired) electrons. The third kappa shape index (κ3) is 3.94. The van der Waals surface area contributed by atoms with Gasteiger partial charge in [0.15, 0.2) is 11.6 Å². The highest BCUT2D eigenvalue weighted by molar-refractivity contribution is 7.91. The number of hydrogen-bond donors (Lipinski definition) is 1. The molecule has 0 atom stereocenters. The largest absolute Gasteiger partial charge is 0.424 e. The van der Waals surface area contributed by atoms with Crippen LogP contribution in [-0.4, -0.2) is 20.9 Å². The molecule has 0 aromatic heterocycles. The summed E-state index contributed by atoms with van der Waals surface area (Å²) in [6, 6.07) is 9.40. The summed E-state index contributed by atoms with van der Waals surface area (Å²) < 4.78 is 43.5. The minimum Gasteiger partial charge on any atom is -0.424 e. The highest BCUT2D eigenvalue weighted by Crippen LogP contribution is 2.26. The second kappa shape index (κ2) is 6.89. The number of carbonyl (C=O) groups excluding carboxylic acids is 1. The van der Waals surface area contributed by atoms with Crippen LogP contribution in [-0.2, 0) is 21.1 Å². The first-order valence-electron chi connectivity index (χ1n) is 6.86. The van der Waals surface area contributed by atoms with E-state index in [-0.39, 0.29) is 15.5 Å². The minimum absolute atomic E-state index is 0.0536. The molecule has 0 aliphatic rings. The van der Waals surface area contributed by atoms with Crippen molar-refractivity contribution in [3.8, 4) is 5.75 Å². The van der Waals surface area contributed by atoms with Crippen LogP contribution in [0.25, 0.3) is 0 Å². The lowest BCUT2D eigenvalue weighted by molar-refractivity contribution is -0.132. The number of carbonyl (C=O) groups is 1. The normalized spacial score (nSPS) is 11.3. The van der Waals surface area contributed by atoms with E-state index >= 15 is 0 Å². The van der Waals surface area contributed by atoms with Crippen LogP contribution in [0.3, 0.4) is 0 Å². The van der Waals surface area contributed by atoms with Gasteiger partial charge in [0.25, 0.3) is 0 Å². The zero-order valence-electron chi connectivity index (χ0n) is 12.5. The highest BCUT2D eigenvalue weighted by Gasteiger charge is 2.20. The summed E-state index contributed by atoms with van der Waals surface area (Å²) in [5.74, 6) is -1.91. The first kappa shape index (κ1) is 17.1. The van der Waals surface area contributed by atoms with Gasteiger partial charge in [-0.25, -0.2) is 12.8 Å². The zero-order valence-corrected chi connectivity index (χ0v) is 13.3. The molecule has 7 heteroatoms. The lowest BCUT2D eigenvalue weighted by atomic mass is 10.2. The summed E-state index contributed by atoms with van der Waals surface area (Å²) >= 11 is 0. The number of ether oxygens (including phenoxy) is 1. The molecule has 122 valence electrons. The Labute approximate surface area is 133 Å². The summed E-state index contributed by atoms with van der Waals surface area (Å²) in [7, 11) is -3.85. The smallest absolute Gasteiger partial charge is 0.308 e. The Kier molecular flexibility index (Phi) is 5.12. The van der Waals surface area contributed by atoms with Gasteiger partial charge in [-0.1, -0.05) is 12.1 Å². The van der Waals surface area contributed by atoms with Gasteiger partial charge in [-0.05, 0) is 48.9 Å². The second-order valence-electron chi connectivity index (χ2n) is 4.87. The van der Waals surface area contributed by atoms with E-state index in [0.717, 1.165) is 24.6 Å². The molecule has 0 fully saturated rings. The standard InChI is InChI=1S/C16H16FNO4S/c1-11(19)22-16-7-6-14(10-15(16)17)23(20,21)13-4-2-12(3-5-13)8-9-18/h2-7,10H,8-9,18H2,1H3. The Morgan fingerprint density at radius 3 is 2.26 bits per heavy atom. The van der Waals surface area contributed by atoms with Crippen molar-refractivity contribution in [1.82, 2.24) is 0 Å². The fraction of sp³-hybridized carbons (Fsp3) is 0.188. The van der Waals surface area contributed by atoms with Gasteiger partial charge in [-0.15, -0.1) is 0 Å². The monoisotopic (exact) mass is 337 g/mol. The van der Waals surface area contributed by atoms with E-state index in [1.54, 1.807) is 12.1 Å². The Bertz CT molecular complexity index is 816. The van der Waals surface area contributed by atoms with Crippen molar-refractivity contribution in [2.24, 2.45) is 5.73 Å². The minimum atomic E-state index is -3.85. The molecule has 2 aromatic carbocycles. The van der Waals surface area contributed by atoms with Crippen molar-refractivity contribution < 1.29 is 22.3 Å². The third-order valence-electron chi connectivity index (χ3n) is 3.13. The van der Waals surface area contributed by atoms with Crippen LogP contribution < -0.4 is 10.5 Å². The fourth-order valence-corrected chi connectivity index (χ4v) is 3.30. The fourth-order valence-electron chi connectivity index (χ4n) is 2.02. The molecule has 0 saturated carbocycles. The topological polar surface area (TPSA) is 86.5 Å². The number of rotatable bonds is 5. The molecule has 0 unspecified atom stereocenters. The van der Waals surface area contributed by atoms with Crippen LogP contribution in [0, 0.1) is 5.82 Å². The first-order chi connectivity index (χ1) is 10.8. The number of hydrogen-bond acceptors (Lipinski definition) is 5. The molecule has 0 aliphatic heterocycles. The highest BCUT2D eigenvalue weighted by atomic mass is 32.2. The van der Waals surface area contributed by atoms with E-state index in [9.17, 15) is 17.6 Å². The number of sulfone groups is 1. The summed E-state index contributed by atoms with van der Waals surface area (Å²) in [4.78, 5) is 10.7. The molecule has 0 bridgehead atoms. The van der Waals surface area contributed by atoms with E-state index in [4.69, 9.17) is 5.73 Å². The molecule has 2 N–H and O–H groups in total. The number of halogens is 1. The molecule has 2 aromatic rings. The molecule has 0 aliphatic carbocycles. The summed E-state index contributed by atoms with van der Waals surface area (Å²) in [5.41, 5.74) is 6.36. The van der Waals surface area contributed by atoms with Gasteiger partial charge < -0.3 is 10.5 Å². The third-order valence-corrected chi connectivity index (χ3v) is 4.90. The summed E-state index contributed by atoms with van der Waals surface area (Å²) in [6.07, 6.45) is 0.645. The quantitative estimate of drug-likeness (QED) is 0.667. The van der Waals surface area contributed by atoms with E-state index in [1.165, 1.54) is 18.2 Å². The van der Waals surface area contributed by atoms with Crippen molar-refractivity contribution >= 4 is 15.8 Å². The number of benzene rings is 2. The van der Waals surface area contributed by atoms with E-state index in [0.29, 0.717) is 13.0 Å². The Hall–Kier alpha value is -2.25. The molecule has 2 rings (SSSR count). The Balaban J connectivity index is 2.35. The predicted molar refractivity (Wildman–Crippen MR) is 82.4 cm³/mol. The van der Waals surface area contributed by atoms with Crippen LogP contribution in [0.4, 0.5) is 4.39 Å². The van der Waals surface area contributed by atoms with Crippen LogP contribution in [0.2, 0.25) is 0 Å². The van der Waals surface area contributed by atoms with Crippen molar-refractivity contribution in [1.29, 1.82) is 0 Å². The predicted octanol–water partition coefficient (Wildman–Crippen LogP) is 2.08. The lowest BCUT2D eigenvalue weighted by Crippen LogP contribution is -2.06. The van der Waals surface area contributed by atoms with Crippen molar-refractivity contribution in [2.75, 3.05) is 6.54 Å². The van der Waals surface area contributed by atoms with Gasteiger partial charge in [-0.2, -0.15) is 0 Å². The summed E-state index contributed by atoms with van der Waals surface area (Å²) in [5, 5.41) is 0. The van der Waals surface area contributed by atoms with E-state index in [2.05, 4.69) is 4.74 Å². The van der Waals surface area contributed by atoms with Gasteiger partial charge in [0.2, 0.25) is 9.84 Å². The first-order valence-corrected chi connectivity index (χ1v) is 8.35. The molecule has 0 heterocycles. The zero-order chi connectivity index (χ0) is 17.0. The Morgan fingerprint density at radius 1 is 1.13 bits per heavy atom. The molecule has 5 nitrogen and oxygen atoms in total. The average molecular weight is 337 g/mol. The Morgan fingerprint density at radius 2 is 1.74 bits per heavy atom. The molecular formula is C16H16FNO4S. The van der Waals surface area contributed by atoms with E-state index < -0.39 is 21.6 Å². The maximum atomic E-state index is 13.9. The van der Waals surface area contributed by atoms with Gasteiger partial charge >= 0.3 is 5.97 Å². The molecule has 23 heavy (non-hydrogen) atoms. The SMILES string of the molecule is CC(=O)Oc1ccc(S(=O)(=O)c2ccc(CCN)cc2)cc1F. The lowest BCUT2D eigenvalue weighted by Gasteiger charge is -2.08. The van der Waals surface area contributed by atoms with Crippen molar-refractivity contribution in [2.45, 2.75) is 23.1 Å². The van der Waals surface area contributed by atoms with Crippen LogP contribution in [0.15, 0.2) is 52.3 Å². The average Bonchev–Trinajstić information content (AvgIpc) is 2.49. The van der Waals surface area contributed by atoms with Crippen LogP contribution in [0.1, 0.15) is 12.5 Å². The van der Waals surface area contributed by atoms with E-state index in [1.807, 2.05) is 0 Å². The van der Waals surface area contributed by atoms with Crippen LogP contribution >= 0.6 is 0 Å². The van der Waals surface area contributed by atoms with Gasteiger partial charge in [0, 0.05) is 6.92 Å². The van der Waals surface area contributed by atoms with Gasteiger partial charge in [-0.3, -0.25) is 4.79 Å². The van der Waals surface area contributed by atoms with Crippen molar-refractivity contribution in [3.05, 3.63) is 53.8 Å². The number of nitrogens with two attached hydrogens (primary N) is 1. The number of esters is 1. The molecule has 0 spiro atoms.